The molecule has 0 aromatic rings. The number of rotatable bonds is 7. The first-order valence-corrected chi connectivity index (χ1v) is 6.60. The van der Waals surface area contributed by atoms with Gasteiger partial charge >= 0.3 is 5.97 Å². The predicted octanol–water partition coefficient (Wildman–Crippen LogP) is 1.42. The average Bonchev–Trinajstić information content (AvgIpc) is 2.79. The van der Waals surface area contributed by atoms with Crippen LogP contribution in [0.3, 0.4) is 0 Å². The van der Waals surface area contributed by atoms with Crippen molar-refractivity contribution in [1.82, 2.24) is 5.32 Å². The van der Waals surface area contributed by atoms with E-state index in [0.29, 0.717) is 25.9 Å². The summed E-state index contributed by atoms with van der Waals surface area (Å²) in [4.78, 5) is 22.9. The lowest BCUT2D eigenvalue weighted by molar-refractivity contribution is -0.141. The molecule has 1 aliphatic carbocycles. The van der Waals surface area contributed by atoms with E-state index in [1.54, 1.807) is 7.11 Å². The van der Waals surface area contributed by atoms with Gasteiger partial charge < -0.3 is 15.2 Å². The van der Waals surface area contributed by atoms with Gasteiger partial charge in [0, 0.05) is 13.0 Å². The summed E-state index contributed by atoms with van der Waals surface area (Å²) >= 11 is 0. The summed E-state index contributed by atoms with van der Waals surface area (Å²) < 4.78 is 5.07. The molecule has 0 radical (unpaired) electrons. The summed E-state index contributed by atoms with van der Waals surface area (Å²) in [5.74, 6) is -1.31. The second-order valence-corrected chi connectivity index (χ2v) is 4.99. The zero-order chi connectivity index (χ0) is 13.5. The Morgan fingerprint density at radius 2 is 2.06 bits per heavy atom. The van der Waals surface area contributed by atoms with Crippen molar-refractivity contribution in [2.24, 2.45) is 11.8 Å². The number of methoxy groups -OCH3 is 1. The Kier molecular flexibility index (Phi) is 6.12. The van der Waals surface area contributed by atoms with Gasteiger partial charge in [0.2, 0.25) is 5.91 Å². The van der Waals surface area contributed by atoms with Gasteiger partial charge in [-0.1, -0.05) is 13.3 Å². The fourth-order valence-electron chi connectivity index (χ4n) is 2.51. The summed E-state index contributed by atoms with van der Waals surface area (Å²) in [6.07, 6.45) is 3.61. The standard InChI is InChI=1S/C13H23NO4/c1-3-4-11(8-18-2)14-12(15)9-5-6-10(7-9)13(16)17/h9-11H,3-8H2,1-2H3,(H,14,15)(H,16,17)/t9-,10+,11?/m1/s1. The summed E-state index contributed by atoms with van der Waals surface area (Å²) in [5.41, 5.74) is 0. The molecule has 0 spiro atoms. The fourth-order valence-corrected chi connectivity index (χ4v) is 2.51. The van der Waals surface area contributed by atoms with Crippen molar-refractivity contribution < 1.29 is 19.4 Å². The van der Waals surface area contributed by atoms with E-state index in [9.17, 15) is 9.59 Å². The lowest BCUT2D eigenvalue weighted by Crippen LogP contribution is -2.41. The van der Waals surface area contributed by atoms with Crippen molar-refractivity contribution in [3.8, 4) is 0 Å². The van der Waals surface area contributed by atoms with Crippen molar-refractivity contribution in [1.29, 1.82) is 0 Å². The van der Waals surface area contributed by atoms with Gasteiger partial charge in [0.25, 0.3) is 0 Å². The molecule has 1 rings (SSSR count). The molecule has 5 nitrogen and oxygen atoms in total. The van der Waals surface area contributed by atoms with E-state index >= 15 is 0 Å². The number of aliphatic carboxylic acids is 1. The maximum absolute atomic E-state index is 12.0. The Morgan fingerprint density at radius 1 is 1.39 bits per heavy atom. The third-order valence-electron chi connectivity index (χ3n) is 3.50. The maximum Gasteiger partial charge on any atom is 0.306 e. The number of carboxylic acid groups (broad SMARTS) is 1. The summed E-state index contributed by atoms with van der Waals surface area (Å²) in [6, 6.07) is 0.0383. The number of amides is 1. The first-order chi connectivity index (χ1) is 8.58. The molecule has 1 saturated carbocycles. The van der Waals surface area contributed by atoms with Crippen molar-refractivity contribution in [2.75, 3.05) is 13.7 Å². The predicted molar refractivity (Wildman–Crippen MR) is 67.2 cm³/mol. The van der Waals surface area contributed by atoms with Crippen LogP contribution in [-0.2, 0) is 14.3 Å². The van der Waals surface area contributed by atoms with Gasteiger partial charge in [0.15, 0.2) is 0 Å². The van der Waals surface area contributed by atoms with Crippen molar-refractivity contribution in [3.05, 3.63) is 0 Å². The van der Waals surface area contributed by atoms with Gasteiger partial charge in [0.1, 0.15) is 0 Å². The molecule has 0 saturated heterocycles. The quantitative estimate of drug-likeness (QED) is 0.723. The van der Waals surface area contributed by atoms with Crippen LogP contribution >= 0.6 is 0 Å². The third kappa shape index (κ3) is 4.29. The van der Waals surface area contributed by atoms with E-state index in [1.165, 1.54) is 0 Å². The molecule has 1 amide bonds. The minimum atomic E-state index is -0.785. The number of carboxylic acids is 1. The molecule has 18 heavy (non-hydrogen) atoms. The van der Waals surface area contributed by atoms with E-state index in [1.807, 2.05) is 0 Å². The van der Waals surface area contributed by atoms with Crippen LogP contribution in [0.25, 0.3) is 0 Å². The molecule has 0 heterocycles. The van der Waals surface area contributed by atoms with E-state index < -0.39 is 5.97 Å². The molecule has 104 valence electrons. The smallest absolute Gasteiger partial charge is 0.306 e. The minimum absolute atomic E-state index is 0.0192. The van der Waals surface area contributed by atoms with Gasteiger partial charge in [-0.3, -0.25) is 9.59 Å². The molecule has 1 unspecified atom stereocenters. The highest BCUT2D eigenvalue weighted by molar-refractivity contribution is 5.81. The number of carbonyl (C=O) groups excluding carboxylic acids is 1. The second-order valence-electron chi connectivity index (χ2n) is 4.99. The molecule has 1 fully saturated rings. The Balaban J connectivity index is 2.42. The van der Waals surface area contributed by atoms with Crippen molar-refractivity contribution in [3.63, 3.8) is 0 Å². The van der Waals surface area contributed by atoms with E-state index in [-0.39, 0.29) is 23.8 Å². The Bertz CT molecular complexity index is 287. The largest absolute Gasteiger partial charge is 0.481 e. The number of hydrogen-bond donors (Lipinski definition) is 2. The number of carbonyl (C=O) groups is 2. The molecule has 1 aliphatic rings. The Morgan fingerprint density at radius 3 is 2.56 bits per heavy atom. The Labute approximate surface area is 108 Å². The highest BCUT2D eigenvalue weighted by Crippen LogP contribution is 2.31. The molecule has 0 bridgehead atoms. The maximum atomic E-state index is 12.0. The normalized spacial score (nSPS) is 24.8. The average molecular weight is 257 g/mol. The lowest BCUT2D eigenvalue weighted by atomic mass is 10.0. The SMILES string of the molecule is CCCC(COC)NC(=O)[C@@H]1CC[C@H](C(=O)O)C1. The zero-order valence-corrected chi connectivity index (χ0v) is 11.1. The topological polar surface area (TPSA) is 75.6 Å². The molecule has 3 atom stereocenters. The molecule has 2 N–H and O–H groups in total. The molecular weight excluding hydrogens is 234 g/mol. The van der Waals surface area contributed by atoms with Crippen LogP contribution in [0, 0.1) is 11.8 Å². The zero-order valence-electron chi connectivity index (χ0n) is 11.1. The second kappa shape index (κ2) is 7.36. The van der Waals surface area contributed by atoms with Gasteiger partial charge in [0.05, 0.1) is 18.6 Å². The van der Waals surface area contributed by atoms with Crippen molar-refractivity contribution in [2.45, 2.75) is 45.1 Å². The summed E-state index contributed by atoms with van der Waals surface area (Å²) in [7, 11) is 1.62. The van der Waals surface area contributed by atoms with Gasteiger partial charge in [-0.05, 0) is 25.7 Å². The number of ether oxygens (including phenoxy) is 1. The minimum Gasteiger partial charge on any atom is -0.481 e. The van der Waals surface area contributed by atoms with Crippen LogP contribution in [0.15, 0.2) is 0 Å². The summed E-state index contributed by atoms with van der Waals surface area (Å²) in [5, 5.41) is 11.9. The molecular formula is C13H23NO4. The molecule has 0 aromatic heterocycles. The van der Waals surface area contributed by atoms with E-state index in [0.717, 1.165) is 12.8 Å². The van der Waals surface area contributed by atoms with Crippen LogP contribution in [0.1, 0.15) is 39.0 Å². The molecule has 0 aromatic carbocycles. The lowest BCUT2D eigenvalue weighted by Gasteiger charge is -2.19. The molecule has 5 heteroatoms. The van der Waals surface area contributed by atoms with E-state index in [4.69, 9.17) is 9.84 Å². The first kappa shape index (κ1) is 15.0. The van der Waals surface area contributed by atoms with Crippen LogP contribution < -0.4 is 5.32 Å². The van der Waals surface area contributed by atoms with Gasteiger partial charge in [-0.25, -0.2) is 0 Å². The number of hydrogen-bond acceptors (Lipinski definition) is 3. The third-order valence-corrected chi connectivity index (χ3v) is 3.50. The van der Waals surface area contributed by atoms with Crippen LogP contribution in [-0.4, -0.2) is 36.7 Å². The number of nitrogens with one attached hydrogen (secondary N) is 1. The van der Waals surface area contributed by atoms with Crippen LogP contribution in [0.2, 0.25) is 0 Å². The van der Waals surface area contributed by atoms with Gasteiger partial charge in [-0.15, -0.1) is 0 Å². The van der Waals surface area contributed by atoms with Gasteiger partial charge in [-0.2, -0.15) is 0 Å². The van der Waals surface area contributed by atoms with Crippen LogP contribution in [0.4, 0.5) is 0 Å². The summed E-state index contributed by atoms with van der Waals surface area (Å²) in [6.45, 7) is 2.57. The highest BCUT2D eigenvalue weighted by Gasteiger charge is 2.34. The molecule has 0 aliphatic heterocycles. The van der Waals surface area contributed by atoms with E-state index in [2.05, 4.69) is 12.2 Å². The fraction of sp³-hybridized carbons (Fsp3) is 0.846. The van der Waals surface area contributed by atoms with Crippen molar-refractivity contribution >= 4 is 11.9 Å². The highest BCUT2D eigenvalue weighted by atomic mass is 16.5. The monoisotopic (exact) mass is 257 g/mol. The Hall–Kier alpha value is -1.10. The van der Waals surface area contributed by atoms with Crippen LogP contribution in [0.5, 0.6) is 0 Å². The first-order valence-electron chi connectivity index (χ1n) is 6.60.